The molecule has 19 heavy (non-hydrogen) atoms. The topological polar surface area (TPSA) is 73.9 Å². The van der Waals surface area contributed by atoms with Crippen molar-refractivity contribution in [1.82, 2.24) is 10.2 Å². The van der Waals surface area contributed by atoms with Gasteiger partial charge in [-0.2, -0.15) is 0 Å². The number of nitrogens with one attached hydrogen (secondary N) is 1. The van der Waals surface area contributed by atoms with Crippen molar-refractivity contribution >= 4 is 5.84 Å². The molecule has 0 bridgehead atoms. The second-order valence-electron chi connectivity index (χ2n) is 6.45. The predicted molar refractivity (Wildman–Crippen MR) is 79.5 cm³/mol. The monoisotopic (exact) mass is 270 g/mol. The van der Waals surface area contributed by atoms with Crippen molar-refractivity contribution in [1.29, 1.82) is 0 Å². The smallest absolute Gasteiger partial charge is 0.144 e. The maximum absolute atomic E-state index is 8.70. The van der Waals surface area contributed by atoms with Crippen LogP contribution in [0.15, 0.2) is 5.16 Å². The molecular weight excluding hydrogens is 240 g/mol. The Balaban J connectivity index is 2.02. The summed E-state index contributed by atoms with van der Waals surface area (Å²) in [6.45, 7) is 8.69. The molecule has 1 fully saturated rings. The third-order valence-electron chi connectivity index (χ3n) is 4.13. The highest BCUT2D eigenvalue weighted by molar-refractivity contribution is 5.85. The van der Waals surface area contributed by atoms with Gasteiger partial charge in [0.2, 0.25) is 0 Å². The molecule has 0 aromatic heterocycles. The van der Waals surface area contributed by atoms with Gasteiger partial charge in [0.05, 0.1) is 0 Å². The highest BCUT2D eigenvalue weighted by Crippen LogP contribution is 2.23. The van der Waals surface area contributed by atoms with E-state index >= 15 is 0 Å². The number of rotatable bonds is 8. The summed E-state index contributed by atoms with van der Waals surface area (Å²) in [5, 5.41) is 15.3. The van der Waals surface area contributed by atoms with Gasteiger partial charge in [-0.25, -0.2) is 0 Å². The molecule has 1 aliphatic rings. The lowest BCUT2D eigenvalue weighted by Crippen LogP contribution is -2.32. The van der Waals surface area contributed by atoms with Crippen LogP contribution < -0.4 is 11.1 Å². The first-order chi connectivity index (χ1) is 8.95. The quantitative estimate of drug-likeness (QED) is 0.205. The van der Waals surface area contributed by atoms with E-state index < -0.39 is 0 Å². The van der Waals surface area contributed by atoms with E-state index in [1.54, 1.807) is 0 Å². The van der Waals surface area contributed by atoms with Gasteiger partial charge in [-0.05, 0) is 51.9 Å². The zero-order chi connectivity index (χ0) is 14.3. The van der Waals surface area contributed by atoms with Crippen LogP contribution in [0.5, 0.6) is 0 Å². The van der Waals surface area contributed by atoms with Crippen LogP contribution in [0.1, 0.15) is 39.5 Å². The molecule has 1 rings (SSSR count). The van der Waals surface area contributed by atoms with Crippen LogP contribution in [0, 0.1) is 11.3 Å². The lowest BCUT2D eigenvalue weighted by Gasteiger charge is -2.22. The fourth-order valence-corrected chi connectivity index (χ4v) is 2.58. The molecule has 4 N–H and O–H groups in total. The number of amidine groups is 1. The zero-order valence-corrected chi connectivity index (χ0v) is 12.7. The van der Waals surface area contributed by atoms with E-state index in [2.05, 4.69) is 22.4 Å². The second-order valence-corrected chi connectivity index (χ2v) is 6.45. The third kappa shape index (κ3) is 5.78. The lowest BCUT2D eigenvalue weighted by atomic mass is 9.86. The average Bonchev–Trinajstić information content (AvgIpc) is 2.78. The van der Waals surface area contributed by atoms with E-state index in [9.17, 15) is 0 Å². The molecule has 0 aliphatic carbocycles. The van der Waals surface area contributed by atoms with Crippen molar-refractivity contribution in [2.24, 2.45) is 22.2 Å². The maximum atomic E-state index is 8.70. The summed E-state index contributed by atoms with van der Waals surface area (Å²) in [5.41, 5.74) is 5.46. The Bertz CT molecular complexity index is 291. The first-order valence-corrected chi connectivity index (χ1v) is 7.33. The molecule has 0 aromatic carbocycles. The Labute approximate surface area is 117 Å². The summed E-state index contributed by atoms with van der Waals surface area (Å²) in [6, 6.07) is 0. The number of nitrogens with zero attached hydrogens (tertiary/aromatic N) is 2. The number of likely N-dealkylation sites (tertiary alicyclic amines) is 1. The number of oxime groups is 1. The summed E-state index contributed by atoms with van der Waals surface area (Å²) < 4.78 is 0. The van der Waals surface area contributed by atoms with E-state index in [-0.39, 0.29) is 5.41 Å². The highest BCUT2D eigenvalue weighted by Gasteiger charge is 2.22. The van der Waals surface area contributed by atoms with Gasteiger partial charge >= 0.3 is 0 Å². The van der Waals surface area contributed by atoms with Crippen molar-refractivity contribution < 1.29 is 5.21 Å². The summed E-state index contributed by atoms with van der Waals surface area (Å²) >= 11 is 0. The van der Waals surface area contributed by atoms with Crippen LogP contribution in [0.4, 0.5) is 0 Å². The fourth-order valence-electron chi connectivity index (χ4n) is 2.58. The first-order valence-electron chi connectivity index (χ1n) is 7.33. The van der Waals surface area contributed by atoms with Crippen molar-refractivity contribution in [2.75, 3.05) is 33.2 Å². The van der Waals surface area contributed by atoms with Crippen LogP contribution in [-0.4, -0.2) is 49.2 Å². The van der Waals surface area contributed by atoms with Gasteiger partial charge in [-0.3, -0.25) is 0 Å². The van der Waals surface area contributed by atoms with E-state index in [0.29, 0.717) is 5.84 Å². The predicted octanol–water partition coefficient (Wildman–Crippen LogP) is 1.47. The van der Waals surface area contributed by atoms with Crippen LogP contribution >= 0.6 is 0 Å². The van der Waals surface area contributed by atoms with Gasteiger partial charge in [0.15, 0.2) is 0 Å². The molecule has 0 radical (unpaired) electrons. The SMILES string of the molecule is CN1CCC(CNCCCCC(C)(C)C(N)=NO)C1. The standard InChI is InChI=1S/C14H30N4O/c1-14(2,13(15)17-19)7-4-5-8-16-10-12-6-9-18(3)11-12/h12,16,19H,4-11H2,1-3H3,(H2,15,17). The fraction of sp³-hybridized carbons (Fsp3) is 0.929. The largest absolute Gasteiger partial charge is 0.409 e. The van der Waals surface area contributed by atoms with Gasteiger partial charge in [0.1, 0.15) is 5.84 Å². The molecule has 0 aromatic rings. The van der Waals surface area contributed by atoms with Crippen molar-refractivity contribution in [3.05, 3.63) is 0 Å². The Morgan fingerprint density at radius 2 is 2.21 bits per heavy atom. The third-order valence-corrected chi connectivity index (χ3v) is 4.13. The Kier molecular flexibility index (Phi) is 6.58. The Morgan fingerprint density at radius 3 is 2.79 bits per heavy atom. The van der Waals surface area contributed by atoms with Gasteiger partial charge in [-0.1, -0.05) is 25.4 Å². The molecule has 0 spiro atoms. The molecule has 1 atom stereocenters. The van der Waals surface area contributed by atoms with Gasteiger partial charge in [0, 0.05) is 12.0 Å². The normalized spacial score (nSPS) is 22.1. The molecule has 5 nitrogen and oxygen atoms in total. The summed E-state index contributed by atoms with van der Waals surface area (Å²) in [5.74, 6) is 1.15. The summed E-state index contributed by atoms with van der Waals surface area (Å²) in [7, 11) is 2.19. The zero-order valence-electron chi connectivity index (χ0n) is 12.7. The van der Waals surface area contributed by atoms with Crippen LogP contribution in [0.3, 0.4) is 0 Å². The van der Waals surface area contributed by atoms with Crippen molar-refractivity contribution in [3.8, 4) is 0 Å². The Morgan fingerprint density at radius 1 is 1.47 bits per heavy atom. The van der Waals surface area contributed by atoms with Crippen molar-refractivity contribution in [2.45, 2.75) is 39.5 Å². The van der Waals surface area contributed by atoms with E-state index in [1.165, 1.54) is 19.5 Å². The number of hydrogen-bond acceptors (Lipinski definition) is 4. The maximum Gasteiger partial charge on any atom is 0.144 e. The number of hydrogen-bond donors (Lipinski definition) is 3. The summed E-state index contributed by atoms with van der Waals surface area (Å²) in [4.78, 5) is 2.39. The minimum atomic E-state index is -0.205. The minimum absolute atomic E-state index is 0.205. The average molecular weight is 270 g/mol. The van der Waals surface area contributed by atoms with Crippen molar-refractivity contribution in [3.63, 3.8) is 0 Å². The molecule has 1 heterocycles. The molecule has 1 unspecified atom stereocenters. The summed E-state index contributed by atoms with van der Waals surface area (Å²) in [6.07, 6.45) is 4.52. The van der Waals surface area contributed by atoms with E-state index in [0.717, 1.165) is 38.3 Å². The molecule has 112 valence electrons. The van der Waals surface area contributed by atoms with Gasteiger partial charge in [-0.15, -0.1) is 0 Å². The minimum Gasteiger partial charge on any atom is -0.409 e. The highest BCUT2D eigenvalue weighted by atomic mass is 16.4. The Hall–Kier alpha value is -0.810. The van der Waals surface area contributed by atoms with E-state index in [4.69, 9.17) is 10.9 Å². The van der Waals surface area contributed by atoms with Gasteiger partial charge in [0.25, 0.3) is 0 Å². The first kappa shape index (κ1) is 16.2. The molecule has 5 heteroatoms. The number of nitrogens with two attached hydrogens (primary N) is 1. The molecular formula is C14H30N4O. The van der Waals surface area contributed by atoms with Crippen LogP contribution in [-0.2, 0) is 0 Å². The van der Waals surface area contributed by atoms with Crippen LogP contribution in [0.25, 0.3) is 0 Å². The molecule has 1 aliphatic heterocycles. The molecule has 1 saturated heterocycles. The molecule has 0 saturated carbocycles. The lowest BCUT2D eigenvalue weighted by molar-refractivity contribution is 0.304. The van der Waals surface area contributed by atoms with E-state index in [1.807, 2.05) is 13.8 Å². The van der Waals surface area contributed by atoms with Crippen LogP contribution in [0.2, 0.25) is 0 Å². The molecule has 0 amide bonds. The van der Waals surface area contributed by atoms with Gasteiger partial charge < -0.3 is 21.2 Å². The second kappa shape index (κ2) is 7.70. The number of unbranched alkanes of at least 4 members (excludes halogenated alkanes) is 1.